The molecule has 2 rings (SSSR count). The molecule has 0 saturated heterocycles. The van der Waals surface area contributed by atoms with Crippen molar-refractivity contribution in [1.82, 2.24) is 0 Å². The molecule has 0 nitrogen and oxygen atoms in total. The van der Waals surface area contributed by atoms with E-state index in [-0.39, 0.29) is 0 Å². The van der Waals surface area contributed by atoms with E-state index in [9.17, 15) is 0 Å². The molecule has 0 spiro atoms. The Labute approximate surface area is 112 Å². The minimum absolute atomic E-state index is 1.02. The Morgan fingerprint density at radius 2 is 1.94 bits per heavy atom. The highest BCUT2D eigenvalue weighted by atomic mass is 79.9. The van der Waals surface area contributed by atoms with Crippen LogP contribution in [-0.4, -0.2) is 0 Å². The summed E-state index contributed by atoms with van der Waals surface area (Å²) >= 11 is 3.53. The Balaban J connectivity index is 2.56. The second-order valence-corrected chi connectivity index (χ2v) is 5.03. The summed E-state index contributed by atoms with van der Waals surface area (Å²) in [4.78, 5) is 0. The molecule has 0 unspecified atom stereocenters. The first-order chi connectivity index (χ1) is 8.24. The van der Waals surface area contributed by atoms with Crippen LogP contribution in [-0.2, 0) is 12.8 Å². The third-order valence-corrected chi connectivity index (χ3v) is 3.48. The van der Waals surface area contributed by atoms with E-state index in [0.29, 0.717) is 0 Å². The summed E-state index contributed by atoms with van der Waals surface area (Å²) in [5, 5.41) is 0. The Kier molecular flexibility index (Phi) is 4.01. The monoisotopic (exact) mass is 287 g/mol. The maximum Gasteiger partial charge on any atom is 0.0181 e. The summed E-state index contributed by atoms with van der Waals surface area (Å²) in [5.41, 5.74) is 5.22. The quantitative estimate of drug-likeness (QED) is 0.742. The van der Waals surface area contributed by atoms with Crippen molar-refractivity contribution in [2.75, 3.05) is 0 Å². The standard InChI is InChI=1S/C16H16Br/c1-3-12-8-9-13(4-2)16(10-12)14-6-5-7-15(17)11-14/h5-8,10-11H,3-4H2,1-2H3. The van der Waals surface area contributed by atoms with Gasteiger partial charge in [0.05, 0.1) is 0 Å². The van der Waals surface area contributed by atoms with Gasteiger partial charge in [0.25, 0.3) is 0 Å². The minimum atomic E-state index is 1.02. The van der Waals surface area contributed by atoms with Crippen molar-refractivity contribution in [2.45, 2.75) is 26.7 Å². The van der Waals surface area contributed by atoms with Crippen LogP contribution in [0.5, 0.6) is 0 Å². The lowest BCUT2D eigenvalue weighted by Crippen LogP contribution is -1.91. The van der Waals surface area contributed by atoms with Gasteiger partial charge in [0.1, 0.15) is 0 Å². The molecule has 0 atom stereocenters. The summed E-state index contributed by atoms with van der Waals surface area (Å²) in [5.74, 6) is 0. The first-order valence-electron chi connectivity index (χ1n) is 6.04. The zero-order valence-corrected chi connectivity index (χ0v) is 11.8. The van der Waals surface area contributed by atoms with Gasteiger partial charge in [-0.25, -0.2) is 0 Å². The molecule has 2 aromatic rings. The summed E-state index contributed by atoms with van der Waals surface area (Å²) < 4.78 is 1.12. The Morgan fingerprint density at radius 3 is 2.59 bits per heavy atom. The average Bonchev–Trinajstić information content (AvgIpc) is 2.38. The van der Waals surface area contributed by atoms with Gasteiger partial charge in [0.15, 0.2) is 0 Å². The van der Waals surface area contributed by atoms with Crippen LogP contribution in [0.1, 0.15) is 25.0 Å². The zero-order valence-electron chi connectivity index (χ0n) is 10.3. The van der Waals surface area contributed by atoms with Gasteiger partial charge in [-0.2, -0.15) is 0 Å². The lowest BCUT2D eigenvalue weighted by Gasteiger charge is -2.10. The van der Waals surface area contributed by atoms with Gasteiger partial charge in [-0.15, -0.1) is 0 Å². The van der Waals surface area contributed by atoms with E-state index in [0.717, 1.165) is 17.3 Å². The lowest BCUT2D eigenvalue weighted by atomic mass is 9.95. The maximum atomic E-state index is 3.53. The summed E-state index contributed by atoms with van der Waals surface area (Å²) in [7, 11) is 0. The number of aryl methyl sites for hydroxylation is 2. The zero-order chi connectivity index (χ0) is 12.3. The van der Waals surface area contributed by atoms with Gasteiger partial charge in [-0.3, -0.25) is 0 Å². The van der Waals surface area contributed by atoms with Gasteiger partial charge in [0.2, 0.25) is 0 Å². The predicted octanol–water partition coefficient (Wildman–Crippen LogP) is 5.04. The molecule has 0 bridgehead atoms. The molecular formula is C16H16Br. The molecule has 87 valence electrons. The molecule has 17 heavy (non-hydrogen) atoms. The third kappa shape index (κ3) is 2.78. The van der Waals surface area contributed by atoms with Crippen LogP contribution in [0.25, 0.3) is 11.1 Å². The predicted molar refractivity (Wildman–Crippen MR) is 77.2 cm³/mol. The summed E-state index contributed by atoms with van der Waals surface area (Å²) in [6, 6.07) is 16.3. The molecule has 2 aromatic carbocycles. The Bertz CT molecular complexity index is 515. The van der Waals surface area contributed by atoms with Crippen LogP contribution in [0.3, 0.4) is 0 Å². The molecule has 0 amide bonds. The first kappa shape index (κ1) is 12.4. The smallest absolute Gasteiger partial charge is 0.0181 e. The third-order valence-electron chi connectivity index (χ3n) is 2.98. The lowest BCUT2D eigenvalue weighted by molar-refractivity contribution is 1.10. The van der Waals surface area contributed by atoms with Crippen molar-refractivity contribution >= 4 is 15.9 Å². The van der Waals surface area contributed by atoms with Crippen LogP contribution in [0.4, 0.5) is 0 Å². The van der Waals surface area contributed by atoms with E-state index < -0.39 is 0 Å². The molecule has 1 radical (unpaired) electrons. The van der Waals surface area contributed by atoms with Crippen molar-refractivity contribution in [3.8, 4) is 11.1 Å². The van der Waals surface area contributed by atoms with Crippen LogP contribution >= 0.6 is 15.9 Å². The fourth-order valence-electron chi connectivity index (χ4n) is 1.98. The molecule has 0 heterocycles. The molecule has 0 aliphatic heterocycles. The van der Waals surface area contributed by atoms with Crippen molar-refractivity contribution < 1.29 is 0 Å². The van der Waals surface area contributed by atoms with Gasteiger partial charge in [0, 0.05) is 4.47 Å². The van der Waals surface area contributed by atoms with Gasteiger partial charge in [-0.05, 0) is 53.3 Å². The van der Waals surface area contributed by atoms with E-state index in [1.54, 1.807) is 0 Å². The van der Waals surface area contributed by atoms with Crippen LogP contribution in [0.2, 0.25) is 0 Å². The molecular weight excluding hydrogens is 272 g/mol. The van der Waals surface area contributed by atoms with Crippen molar-refractivity contribution in [1.29, 1.82) is 0 Å². The number of rotatable bonds is 3. The Hall–Kier alpha value is -1.08. The van der Waals surface area contributed by atoms with E-state index in [1.165, 1.54) is 22.3 Å². The highest BCUT2D eigenvalue weighted by Crippen LogP contribution is 2.27. The second kappa shape index (κ2) is 5.50. The topological polar surface area (TPSA) is 0 Å². The number of halogens is 1. The number of hydrogen-bond donors (Lipinski definition) is 0. The molecule has 0 aliphatic rings. The molecule has 0 N–H and O–H groups in total. The molecule has 0 saturated carbocycles. The number of hydrogen-bond acceptors (Lipinski definition) is 0. The van der Waals surface area contributed by atoms with Crippen LogP contribution in [0, 0.1) is 6.07 Å². The largest absolute Gasteiger partial charge is 0.0613 e. The highest BCUT2D eigenvalue weighted by Gasteiger charge is 2.05. The van der Waals surface area contributed by atoms with Crippen molar-refractivity contribution in [3.05, 3.63) is 58.1 Å². The molecule has 0 fully saturated rings. The van der Waals surface area contributed by atoms with E-state index >= 15 is 0 Å². The maximum absolute atomic E-state index is 3.53. The first-order valence-corrected chi connectivity index (χ1v) is 6.83. The average molecular weight is 288 g/mol. The van der Waals surface area contributed by atoms with Gasteiger partial charge in [-0.1, -0.05) is 54.0 Å². The van der Waals surface area contributed by atoms with E-state index in [4.69, 9.17) is 0 Å². The molecule has 0 aliphatic carbocycles. The Morgan fingerprint density at radius 1 is 1.12 bits per heavy atom. The fraction of sp³-hybridized carbons (Fsp3) is 0.250. The second-order valence-electron chi connectivity index (χ2n) is 4.12. The SMILES string of the molecule is CCc1c[c]c(CC)c(-c2cccc(Br)c2)c1. The summed E-state index contributed by atoms with van der Waals surface area (Å²) in [6.45, 7) is 4.36. The van der Waals surface area contributed by atoms with Crippen molar-refractivity contribution in [3.63, 3.8) is 0 Å². The van der Waals surface area contributed by atoms with Crippen molar-refractivity contribution in [2.24, 2.45) is 0 Å². The number of benzene rings is 2. The van der Waals surface area contributed by atoms with Crippen LogP contribution < -0.4 is 0 Å². The summed E-state index contributed by atoms with van der Waals surface area (Å²) in [6.07, 6.45) is 2.08. The minimum Gasteiger partial charge on any atom is -0.0613 e. The van der Waals surface area contributed by atoms with Gasteiger partial charge < -0.3 is 0 Å². The van der Waals surface area contributed by atoms with E-state index in [2.05, 4.69) is 72.2 Å². The van der Waals surface area contributed by atoms with Crippen LogP contribution in [0.15, 0.2) is 40.9 Å². The van der Waals surface area contributed by atoms with Gasteiger partial charge >= 0.3 is 0 Å². The fourth-order valence-corrected chi connectivity index (χ4v) is 2.38. The van der Waals surface area contributed by atoms with E-state index in [1.807, 2.05) is 0 Å². The molecule has 0 aromatic heterocycles. The highest BCUT2D eigenvalue weighted by molar-refractivity contribution is 9.10. The molecule has 1 heteroatoms. The normalized spacial score (nSPS) is 10.5.